The third-order valence-electron chi connectivity index (χ3n) is 4.39. The number of halogens is 1. The van der Waals surface area contributed by atoms with Gasteiger partial charge in [0, 0.05) is 22.6 Å². The quantitative estimate of drug-likeness (QED) is 0.902. The summed E-state index contributed by atoms with van der Waals surface area (Å²) in [6, 6.07) is 5.94. The average molecular weight is 338 g/mol. The van der Waals surface area contributed by atoms with Gasteiger partial charge in [-0.25, -0.2) is 0 Å². The molecule has 1 amide bonds. The zero-order chi connectivity index (χ0) is 14.3. The van der Waals surface area contributed by atoms with E-state index in [-0.39, 0.29) is 17.9 Å². The van der Waals surface area contributed by atoms with E-state index < -0.39 is 5.97 Å². The number of hydrogen-bond acceptors (Lipinski definition) is 2. The van der Waals surface area contributed by atoms with Crippen LogP contribution in [0.15, 0.2) is 22.7 Å². The lowest BCUT2D eigenvalue weighted by Crippen LogP contribution is -2.39. The second-order valence-corrected chi connectivity index (χ2v) is 6.49. The molecule has 3 rings (SSSR count). The molecular weight excluding hydrogens is 322 g/mol. The fourth-order valence-corrected chi connectivity index (χ4v) is 3.65. The van der Waals surface area contributed by atoms with Crippen LogP contribution in [0, 0.1) is 5.92 Å². The second kappa shape index (κ2) is 5.20. The van der Waals surface area contributed by atoms with Crippen molar-refractivity contribution in [1.82, 2.24) is 4.90 Å². The maximum atomic E-state index is 12.4. The van der Waals surface area contributed by atoms with E-state index in [0.717, 1.165) is 28.4 Å². The zero-order valence-electron chi connectivity index (χ0n) is 11.0. The number of nitrogens with zero attached hydrogens (tertiary/aromatic N) is 1. The summed E-state index contributed by atoms with van der Waals surface area (Å²) in [5, 5.41) is 9.03. The predicted octanol–water partition coefficient (Wildman–Crippen LogP) is 3.05. The number of carboxylic acids is 1. The minimum atomic E-state index is -0.705. The van der Waals surface area contributed by atoms with Crippen LogP contribution in [0.4, 0.5) is 0 Å². The van der Waals surface area contributed by atoms with Crippen molar-refractivity contribution < 1.29 is 14.7 Å². The summed E-state index contributed by atoms with van der Waals surface area (Å²) in [6.45, 7) is 0.649. The molecule has 20 heavy (non-hydrogen) atoms. The number of carboxylic acid groups (broad SMARTS) is 1. The highest BCUT2D eigenvalue weighted by molar-refractivity contribution is 9.10. The van der Waals surface area contributed by atoms with Crippen molar-refractivity contribution >= 4 is 27.8 Å². The van der Waals surface area contributed by atoms with Crippen LogP contribution in [0.1, 0.15) is 41.6 Å². The van der Waals surface area contributed by atoms with Crippen molar-refractivity contribution in [3.05, 3.63) is 33.8 Å². The van der Waals surface area contributed by atoms with Crippen molar-refractivity contribution in [2.45, 2.75) is 38.3 Å². The third kappa shape index (κ3) is 2.35. The summed E-state index contributed by atoms with van der Waals surface area (Å²) in [5.74, 6) is -0.852. The van der Waals surface area contributed by atoms with Gasteiger partial charge in [0.15, 0.2) is 0 Å². The summed E-state index contributed by atoms with van der Waals surface area (Å²) in [5.41, 5.74) is 1.85. The molecule has 0 spiro atoms. The van der Waals surface area contributed by atoms with E-state index in [9.17, 15) is 9.59 Å². The number of benzene rings is 1. The van der Waals surface area contributed by atoms with Crippen molar-refractivity contribution in [2.75, 3.05) is 0 Å². The van der Waals surface area contributed by atoms with Gasteiger partial charge in [0.1, 0.15) is 0 Å². The third-order valence-corrected chi connectivity index (χ3v) is 4.88. The highest BCUT2D eigenvalue weighted by atomic mass is 79.9. The van der Waals surface area contributed by atoms with E-state index in [4.69, 9.17) is 5.11 Å². The molecular formula is C15H16BrNO3. The van der Waals surface area contributed by atoms with Gasteiger partial charge in [-0.1, -0.05) is 15.9 Å². The van der Waals surface area contributed by atoms with Crippen molar-refractivity contribution in [2.24, 2.45) is 5.92 Å². The molecule has 1 aliphatic carbocycles. The molecule has 4 nitrogen and oxygen atoms in total. The summed E-state index contributed by atoms with van der Waals surface area (Å²) >= 11 is 3.43. The highest BCUT2D eigenvalue weighted by Crippen LogP contribution is 2.34. The van der Waals surface area contributed by atoms with Gasteiger partial charge in [-0.2, -0.15) is 0 Å². The smallest absolute Gasteiger partial charge is 0.306 e. The lowest BCUT2D eigenvalue weighted by molar-refractivity contribution is -0.143. The van der Waals surface area contributed by atoms with Gasteiger partial charge in [-0.3, -0.25) is 9.59 Å². The van der Waals surface area contributed by atoms with Crippen LogP contribution >= 0.6 is 15.9 Å². The van der Waals surface area contributed by atoms with Crippen LogP contribution in [0.25, 0.3) is 0 Å². The molecule has 0 bridgehead atoms. The average Bonchev–Trinajstić information content (AvgIpc) is 2.75. The highest BCUT2D eigenvalue weighted by Gasteiger charge is 2.36. The molecule has 0 atom stereocenters. The van der Waals surface area contributed by atoms with Gasteiger partial charge in [-0.15, -0.1) is 0 Å². The first-order valence-electron chi connectivity index (χ1n) is 6.88. The van der Waals surface area contributed by atoms with E-state index in [1.54, 1.807) is 0 Å². The first-order chi connectivity index (χ1) is 9.56. The first kappa shape index (κ1) is 13.6. The monoisotopic (exact) mass is 337 g/mol. The van der Waals surface area contributed by atoms with Crippen molar-refractivity contribution in [3.63, 3.8) is 0 Å². The van der Waals surface area contributed by atoms with E-state index in [0.29, 0.717) is 19.4 Å². The molecule has 2 aliphatic rings. The van der Waals surface area contributed by atoms with E-state index >= 15 is 0 Å². The van der Waals surface area contributed by atoms with Gasteiger partial charge in [0.05, 0.1) is 5.92 Å². The molecule has 1 fully saturated rings. The molecule has 1 N–H and O–H groups in total. The Kier molecular flexibility index (Phi) is 3.54. The lowest BCUT2D eigenvalue weighted by Gasteiger charge is -2.33. The Morgan fingerprint density at radius 1 is 1.25 bits per heavy atom. The molecule has 1 aromatic carbocycles. The molecule has 0 saturated heterocycles. The van der Waals surface area contributed by atoms with Crippen LogP contribution in [0.2, 0.25) is 0 Å². The standard InChI is InChI=1S/C15H16BrNO3/c16-11-3-6-13-10(7-11)8-17(14(13)18)12-4-1-9(2-5-12)15(19)20/h3,6-7,9,12H,1-2,4-5,8H2,(H,19,20). The van der Waals surface area contributed by atoms with Gasteiger partial charge in [0.25, 0.3) is 5.91 Å². The second-order valence-electron chi connectivity index (χ2n) is 5.58. The number of carbonyl (C=O) groups excluding carboxylic acids is 1. The molecule has 1 saturated carbocycles. The number of amides is 1. The SMILES string of the molecule is O=C(O)C1CCC(N2Cc3cc(Br)ccc3C2=O)CC1. The Morgan fingerprint density at radius 2 is 1.95 bits per heavy atom. The number of rotatable bonds is 2. The predicted molar refractivity (Wildman–Crippen MR) is 77.4 cm³/mol. The van der Waals surface area contributed by atoms with Crippen molar-refractivity contribution in [3.8, 4) is 0 Å². The zero-order valence-corrected chi connectivity index (χ0v) is 12.6. The van der Waals surface area contributed by atoms with Crippen LogP contribution in [-0.4, -0.2) is 27.9 Å². The molecule has 106 valence electrons. The minimum Gasteiger partial charge on any atom is -0.481 e. The summed E-state index contributed by atoms with van der Waals surface area (Å²) in [6.07, 6.45) is 2.92. The fraction of sp³-hybridized carbons (Fsp3) is 0.467. The van der Waals surface area contributed by atoms with E-state index in [2.05, 4.69) is 15.9 Å². The van der Waals surface area contributed by atoms with Crippen LogP contribution in [0.3, 0.4) is 0 Å². The summed E-state index contributed by atoms with van der Waals surface area (Å²) in [4.78, 5) is 25.3. The Morgan fingerprint density at radius 3 is 2.60 bits per heavy atom. The maximum Gasteiger partial charge on any atom is 0.306 e. The molecule has 5 heteroatoms. The molecule has 0 unspecified atom stereocenters. The summed E-state index contributed by atoms with van der Waals surface area (Å²) in [7, 11) is 0. The maximum absolute atomic E-state index is 12.4. The fourth-order valence-electron chi connectivity index (χ4n) is 3.24. The molecule has 0 aromatic heterocycles. The van der Waals surface area contributed by atoms with E-state index in [1.807, 2.05) is 23.1 Å². The van der Waals surface area contributed by atoms with Crippen LogP contribution in [-0.2, 0) is 11.3 Å². The van der Waals surface area contributed by atoms with Gasteiger partial charge in [-0.05, 0) is 49.4 Å². The molecule has 1 aliphatic heterocycles. The Balaban J connectivity index is 1.72. The van der Waals surface area contributed by atoms with Crippen molar-refractivity contribution in [1.29, 1.82) is 0 Å². The minimum absolute atomic E-state index is 0.0891. The van der Waals surface area contributed by atoms with Crippen LogP contribution in [0.5, 0.6) is 0 Å². The lowest BCUT2D eigenvalue weighted by atomic mass is 9.85. The van der Waals surface area contributed by atoms with Gasteiger partial charge in [0.2, 0.25) is 0 Å². The topological polar surface area (TPSA) is 57.6 Å². The van der Waals surface area contributed by atoms with Gasteiger partial charge < -0.3 is 10.0 Å². The van der Waals surface area contributed by atoms with Gasteiger partial charge >= 0.3 is 5.97 Å². The number of hydrogen-bond donors (Lipinski definition) is 1. The Bertz CT molecular complexity index is 564. The first-order valence-corrected chi connectivity index (χ1v) is 7.68. The summed E-state index contributed by atoms with van der Waals surface area (Å²) < 4.78 is 0.987. The number of fused-ring (bicyclic) bond motifs is 1. The number of aliphatic carboxylic acids is 1. The Hall–Kier alpha value is -1.36. The molecule has 0 radical (unpaired) electrons. The molecule has 1 aromatic rings. The largest absolute Gasteiger partial charge is 0.481 e. The number of carbonyl (C=O) groups is 2. The van der Waals surface area contributed by atoms with E-state index in [1.165, 1.54) is 0 Å². The molecule has 1 heterocycles. The normalized spacial score (nSPS) is 25.6. The van der Waals surface area contributed by atoms with Crippen LogP contribution < -0.4 is 0 Å². The Labute approximate surface area is 125 Å².